The number of hydrogen-bond donors (Lipinski definition) is 1. The number of amides is 1. The van der Waals surface area contributed by atoms with E-state index in [4.69, 9.17) is 0 Å². The van der Waals surface area contributed by atoms with E-state index in [0.717, 1.165) is 19.5 Å². The van der Waals surface area contributed by atoms with Gasteiger partial charge in [-0.3, -0.25) is 4.79 Å². The van der Waals surface area contributed by atoms with Crippen LogP contribution in [0.15, 0.2) is 12.7 Å². The van der Waals surface area contributed by atoms with Gasteiger partial charge in [-0.1, -0.05) is 26.3 Å². The van der Waals surface area contributed by atoms with Crippen LogP contribution in [0.1, 0.15) is 27.2 Å². The van der Waals surface area contributed by atoms with Crippen molar-refractivity contribution in [3.63, 3.8) is 0 Å². The molecule has 0 fully saturated rings. The van der Waals surface area contributed by atoms with Crippen molar-refractivity contribution in [2.24, 2.45) is 5.92 Å². The highest BCUT2D eigenvalue weighted by molar-refractivity contribution is 5.78. The zero-order chi connectivity index (χ0) is 11.7. The van der Waals surface area contributed by atoms with E-state index in [0.29, 0.717) is 19.0 Å². The van der Waals surface area contributed by atoms with Crippen LogP contribution in [0.2, 0.25) is 0 Å². The molecule has 0 heterocycles. The number of likely N-dealkylation sites (N-methyl/N-ethyl adjacent to an activating group) is 1. The first-order valence-electron chi connectivity index (χ1n) is 5.75. The molecule has 0 aromatic carbocycles. The van der Waals surface area contributed by atoms with Crippen LogP contribution in [0.3, 0.4) is 0 Å². The van der Waals surface area contributed by atoms with Gasteiger partial charge in [-0.25, -0.2) is 0 Å². The first-order valence-corrected chi connectivity index (χ1v) is 5.75. The average molecular weight is 212 g/mol. The van der Waals surface area contributed by atoms with Gasteiger partial charge in [0.1, 0.15) is 0 Å². The highest BCUT2D eigenvalue weighted by Gasteiger charge is 2.12. The lowest BCUT2D eigenvalue weighted by Gasteiger charge is -2.24. The molecule has 0 aliphatic carbocycles. The molecule has 0 aromatic rings. The molecule has 1 atom stereocenters. The molecule has 0 spiro atoms. The van der Waals surface area contributed by atoms with Crippen LogP contribution in [-0.2, 0) is 4.79 Å². The summed E-state index contributed by atoms with van der Waals surface area (Å²) in [5, 5.41) is 3.03. The number of carbonyl (C=O) groups is 1. The number of hydrogen-bond acceptors (Lipinski definition) is 2. The third-order valence-corrected chi connectivity index (χ3v) is 2.53. The van der Waals surface area contributed by atoms with Gasteiger partial charge >= 0.3 is 0 Å². The van der Waals surface area contributed by atoms with Crippen molar-refractivity contribution < 1.29 is 4.79 Å². The number of nitrogens with zero attached hydrogens (tertiary/aromatic N) is 1. The van der Waals surface area contributed by atoms with Gasteiger partial charge in [0.2, 0.25) is 5.91 Å². The lowest BCUT2D eigenvalue weighted by molar-refractivity contribution is -0.130. The SMILES string of the molecule is C=CCNCC(=O)N(CC)CC(C)CC. The zero-order valence-corrected chi connectivity index (χ0v) is 10.3. The Labute approximate surface area is 93.5 Å². The summed E-state index contributed by atoms with van der Waals surface area (Å²) < 4.78 is 0. The molecule has 0 rings (SSSR count). The minimum Gasteiger partial charge on any atom is -0.342 e. The summed E-state index contributed by atoms with van der Waals surface area (Å²) in [6.07, 6.45) is 2.88. The molecule has 15 heavy (non-hydrogen) atoms. The van der Waals surface area contributed by atoms with Crippen LogP contribution >= 0.6 is 0 Å². The van der Waals surface area contributed by atoms with E-state index in [1.807, 2.05) is 11.8 Å². The van der Waals surface area contributed by atoms with Crippen molar-refractivity contribution in [2.45, 2.75) is 27.2 Å². The first-order chi connectivity index (χ1) is 7.15. The van der Waals surface area contributed by atoms with Gasteiger partial charge in [0.05, 0.1) is 6.54 Å². The Bertz CT molecular complexity index is 192. The summed E-state index contributed by atoms with van der Waals surface area (Å²) in [6, 6.07) is 0. The molecule has 1 N–H and O–H groups in total. The van der Waals surface area contributed by atoms with Crippen LogP contribution < -0.4 is 5.32 Å². The normalized spacial score (nSPS) is 12.2. The molecular weight excluding hydrogens is 188 g/mol. The fourth-order valence-corrected chi connectivity index (χ4v) is 1.31. The quantitative estimate of drug-likeness (QED) is 0.490. The molecule has 0 bridgehead atoms. The molecule has 1 unspecified atom stereocenters. The predicted molar refractivity (Wildman–Crippen MR) is 64.8 cm³/mol. The summed E-state index contributed by atoms with van der Waals surface area (Å²) in [5.74, 6) is 0.757. The summed E-state index contributed by atoms with van der Waals surface area (Å²) in [6.45, 7) is 12.7. The Kier molecular flexibility index (Phi) is 8.01. The Morgan fingerprint density at radius 1 is 1.53 bits per heavy atom. The van der Waals surface area contributed by atoms with Crippen LogP contribution in [0.5, 0.6) is 0 Å². The topological polar surface area (TPSA) is 32.3 Å². The number of carbonyl (C=O) groups excluding carboxylic acids is 1. The van der Waals surface area contributed by atoms with Crippen LogP contribution in [0.25, 0.3) is 0 Å². The van der Waals surface area contributed by atoms with Crippen molar-refractivity contribution >= 4 is 5.91 Å². The van der Waals surface area contributed by atoms with Gasteiger partial charge in [0, 0.05) is 19.6 Å². The van der Waals surface area contributed by atoms with Crippen LogP contribution in [0, 0.1) is 5.92 Å². The van der Waals surface area contributed by atoms with Crippen molar-refractivity contribution in [3.8, 4) is 0 Å². The van der Waals surface area contributed by atoms with Crippen molar-refractivity contribution in [2.75, 3.05) is 26.2 Å². The highest BCUT2D eigenvalue weighted by atomic mass is 16.2. The molecule has 1 amide bonds. The maximum atomic E-state index is 11.7. The van der Waals surface area contributed by atoms with Gasteiger partial charge in [-0.15, -0.1) is 6.58 Å². The molecule has 0 aliphatic rings. The van der Waals surface area contributed by atoms with Gasteiger partial charge in [0.15, 0.2) is 0 Å². The highest BCUT2D eigenvalue weighted by Crippen LogP contribution is 2.03. The molecule has 0 saturated heterocycles. The first kappa shape index (κ1) is 14.2. The second kappa shape index (κ2) is 8.48. The standard InChI is InChI=1S/C12H24N2O/c1-5-8-13-9-12(15)14(7-3)10-11(4)6-2/h5,11,13H,1,6-10H2,2-4H3. The molecule has 88 valence electrons. The van der Waals surface area contributed by atoms with Crippen molar-refractivity contribution in [3.05, 3.63) is 12.7 Å². The molecule has 3 nitrogen and oxygen atoms in total. The van der Waals surface area contributed by atoms with E-state index in [9.17, 15) is 4.79 Å². The van der Waals surface area contributed by atoms with E-state index >= 15 is 0 Å². The predicted octanol–water partition coefficient (Wildman–Crippen LogP) is 1.66. The van der Waals surface area contributed by atoms with Crippen LogP contribution in [0.4, 0.5) is 0 Å². The summed E-state index contributed by atoms with van der Waals surface area (Å²) in [5.41, 5.74) is 0. The minimum atomic E-state index is 0.180. The second-order valence-corrected chi connectivity index (χ2v) is 3.87. The van der Waals surface area contributed by atoms with E-state index in [2.05, 4.69) is 25.7 Å². The smallest absolute Gasteiger partial charge is 0.236 e. The molecule has 0 radical (unpaired) electrons. The van der Waals surface area contributed by atoms with E-state index in [-0.39, 0.29) is 5.91 Å². The monoisotopic (exact) mass is 212 g/mol. The molecular formula is C12H24N2O. The Hall–Kier alpha value is -0.830. The zero-order valence-electron chi connectivity index (χ0n) is 10.3. The van der Waals surface area contributed by atoms with Gasteiger partial charge < -0.3 is 10.2 Å². The maximum Gasteiger partial charge on any atom is 0.236 e. The lowest BCUT2D eigenvalue weighted by atomic mass is 10.1. The fourth-order valence-electron chi connectivity index (χ4n) is 1.31. The van der Waals surface area contributed by atoms with E-state index < -0.39 is 0 Å². The lowest BCUT2D eigenvalue weighted by Crippen LogP contribution is -2.40. The molecule has 0 aliphatic heterocycles. The minimum absolute atomic E-state index is 0.180. The Morgan fingerprint density at radius 2 is 2.20 bits per heavy atom. The van der Waals surface area contributed by atoms with Gasteiger partial charge in [-0.2, -0.15) is 0 Å². The van der Waals surface area contributed by atoms with E-state index in [1.165, 1.54) is 0 Å². The number of nitrogens with one attached hydrogen (secondary N) is 1. The van der Waals surface area contributed by atoms with Crippen LogP contribution in [-0.4, -0.2) is 37.0 Å². The third kappa shape index (κ3) is 6.28. The molecule has 0 aromatic heterocycles. The van der Waals surface area contributed by atoms with Crippen molar-refractivity contribution in [1.82, 2.24) is 10.2 Å². The molecule has 3 heteroatoms. The fraction of sp³-hybridized carbons (Fsp3) is 0.750. The van der Waals surface area contributed by atoms with E-state index in [1.54, 1.807) is 6.08 Å². The molecule has 0 saturated carbocycles. The van der Waals surface area contributed by atoms with Crippen molar-refractivity contribution in [1.29, 1.82) is 0 Å². The summed E-state index contributed by atoms with van der Waals surface area (Å²) >= 11 is 0. The second-order valence-electron chi connectivity index (χ2n) is 3.87. The maximum absolute atomic E-state index is 11.7. The number of rotatable bonds is 8. The average Bonchev–Trinajstić information content (AvgIpc) is 2.25. The largest absolute Gasteiger partial charge is 0.342 e. The summed E-state index contributed by atoms with van der Waals surface area (Å²) in [7, 11) is 0. The third-order valence-electron chi connectivity index (χ3n) is 2.53. The summed E-state index contributed by atoms with van der Waals surface area (Å²) in [4.78, 5) is 13.6. The Morgan fingerprint density at radius 3 is 2.67 bits per heavy atom. The van der Waals surface area contributed by atoms with Gasteiger partial charge in [-0.05, 0) is 12.8 Å². The van der Waals surface area contributed by atoms with Gasteiger partial charge in [0.25, 0.3) is 0 Å². The Balaban J connectivity index is 3.92.